The molecule has 0 aliphatic rings. The molecule has 0 bridgehead atoms. The Labute approximate surface area is 166 Å². The van der Waals surface area contributed by atoms with Crippen LogP contribution in [0.3, 0.4) is 0 Å². The molecule has 0 radical (unpaired) electrons. The predicted octanol–water partition coefficient (Wildman–Crippen LogP) is 3.35. The highest BCUT2D eigenvalue weighted by molar-refractivity contribution is 7.91. The normalized spacial score (nSPS) is 11.1. The van der Waals surface area contributed by atoms with Crippen molar-refractivity contribution in [3.8, 4) is 6.07 Å². The molecule has 6 nitrogen and oxygen atoms in total. The van der Waals surface area contributed by atoms with E-state index in [0.29, 0.717) is 22.9 Å². The van der Waals surface area contributed by atoms with E-state index < -0.39 is 21.5 Å². The molecule has 2 rings (SSSR count). The summed E-state index contributed by atoms with van der Waals surface area (Å²) in [6.45, 7) is 7.17. The highest BCUT2D eigenvalue weighted by Gasteiger charge is 2.18. The predicted molar refractivity (Wildman–Crippen MR) is 112 cm³/mol. The Hall–Kier alpha value is -2.85. The van der Waals surface area contributed by atoms with Gasteiger partial charge in [0.15, 0.2) is 9.84 Å². The zero-order chi connectivity index (χ0) is 20.7. The van der Waals surface area contributed by atoms with Crippen molar-refractivity contribution in [2.75, 3.05) is 22.5 Å². The molecule has 148 valence electrons. The van der Waals surface area contributed by atoms with Crippen LogP contribution in [0.5, 0.6) is 0 Å². The molecule has 0 atom stereocenters. The number of rotatable bonds is 8. The number of carbonyl (C=O) groups excluding carboxylic acids is 1. The number of hydrogen-bond acceptors (Lipinski definition) is 5. The van der Waals surface area contributed by atoms with E-state index in [1.54, 1.807) is 36.4 Å². The summed E-state index contributed by atoms with van der Waals surface area (Å²) in [5, 5.41) is 11.4. The van der Waals surface area contributed by atoms with E-state index in [-0.39, 0.29) is 5.75 Å². The SMILES string of the molecule is CCN(c1ccc(NC(=O)CS(=O)(=O)Cc2ccc(C#N)cc2)cc1)C(C)C. The van der Waals surface area contributed by atoms with Gasteiger partial charge in [-0.1, -0.05) is 12.1 Å². The molecule has 0 aliphatic heterocycles. The van der Waals surface area contributed by atoms with Gasteiger partial charge in [0.2, 0.25) is 5.91 Å². The topological polar surface area (TPSA) is 90.3 Å². The Bertz CT molecular complexity index is 944. The van der Waals surface area contributed by atoms with Crippen molar-refractivity contribution in [3.05, 3.63) is 59.7 Å². The van der Waals surface area contributed by atoms with Gasteiger partial charge < -0.3 is 10.2 Å². The van der Waals surface area contributed by atoms with Crippen LogP contribution in [0.25, 0.3) is 0 Å². The van der Waals surface area contributed by atoms with Crippen LogP contribution in [-0.4, -0.2) is 32.7 Å². The zero-order valence-corrected chi connectivity index (χ0v) is 17.2. The number of benzene rings is 2. The lowest BCUT2D eigenvalue weighted by Gasteiger charge is -2.27. The summed E-state index contributed by atoms with van der Waals surface area (Å²) in [5.41, 5.74) is 2.61. The smallest absolute Gasteiger partial charge is 0.239 e. The number of nitrogens with zero attached hydrogens (tertiary/aromatic N) is 2. The maximum atomic E-state index is 12.3. The van der Waals surface area contributed by atoms with E-state index in [2.05, 4.69) is 31.0 Å². The summed E-state index contributed by atoms with van der Waals surface area (Å²) in [6.07, 6.45) is 0. The van der Waals surface area contributed by atoms with Crippen molar-refractivity contribution in [2.24, 2.45) is 0 Å². The first-order valence-corrected chi connectivity index (χ1v) is 10.9. The molecule has 0 unspecified atom stereocenters. The number of amides is 1. The molecule has 2 aromatic carbocycles. The molecular formula is C21H25N3O3S. The standard InChI is InChI=1S/C21H25N3O3S/c1-4-24(16(2)3)20-11-9-19(10-12-20)23-21(25)15-28(26,27)14-18-7-5-17(13-22)6-8-18/h5-12,16H,4,14-15H2,1-3H3,(H,23,25). The molecule has 0 spiro atoms. The van der Waals surface area contributed by atoms with Gasteiger partial charge in [-0.15, -0.1) is 0 Å². The second kappa shape index (κ2) is 9.38. The van der Waals surface area contributed by atoms with Crippen molar-refractivity contribution in [1.29, 1.82) is 5.26 Å². The number of nitrogens with one attached hydrogen (secondary N) is 1. The fourth-order valence-corrected chi connectivity index (χ4v) is 4.23. The van der Waals surface area contributed by atoms with Crippen molar-refractivity contribution >= 4 is 27.1 Å². The number of nitriles is 1. The Morgan fingerprint density at radius 1 is 1.11 bits per heavy atom. The molecule has 0 saturated carbocycles. The molecule has 0 heterocycles. The molecule has 1 N–H and O–H groups in total. The summed E-state index contributed by atoms with van der Waals surface area (Å²) < 4.78 is 24.6. The van der Waals surface area contributed by atoms with E-state index in [1.807, 2.05) is 18.2 Å². The molecule has 0 aromatic heterocycles. The monoisotopic (exact) mass is 399 g/mol. The van der Waals surface area contributed by atoms with Gasteiger partial charge in [0, 0.05) is 24.0 Å². The van der Waals surface area contributed by atoms with Crippen LogP contribution in [0.4, 0.5) is 11.4 Å². The first-order valence-electron chi connectivity index (χ1n) is 9.10. The molecule has 28 heavy (non-hydrogen) atoms. The van der Waals surface area contributed by atoms with Gasteiger partial charge in [0.05, 0.1) is 17.4 Å². The Morgan fingerprint density at radius 2 is 1.71 bits per heavy atom. The lowest BCUT2D eigenvalue weighted by molar-refractivity contribution is -0.113. The molecule has 0 fully saturated rings. The maximum Gasteiger partial charge on any atom is 0.239 e. The lowest BCUT2D eigenvalue weighted by atomic mass is 10.2. The largest absolute Gasteiger partial charge is 0.369 e. The van der Waals surface area contributed by atoms with Crippen molar-refractivity contribution in [3.63, 3.8) is 0 Å². The van der Waals surface area contributed by atoms with Gasteiger partial charge in [-0.25, -0.2) is 8.42 Å². The second-order valence-corrected chi connectivity index (χ2v) is 8.88. The lowest BCUT2D eigenvalue weighted by Crippen LogP contribution is -2.30. The van der Waals surface area contributed by atoms with Crippen LogP contribution >= 0.6 is 0 Å². The quantitative estimate of drug-likeness (QED) is 0.735. The minimum Gasteiger partial charge on any atom is -0.369 e. The van der Waals surface area contributed by atoms with Crippen LogP contribution in [-0.2, 0) is 20.4 Å². The van der Waals surface area contributed by atoms with E-state index in [4.69, 9.17) is 5.26 Å². The van der Waals surface area contributed by atoms with Gasteiger partial charge in [0.25, 0.3) is 0 Å². The van der Waals surface area contributed by atoms with Gasteiger partial charge in [-0.05, 0) is 62.7 Å². The molecule has 1 amide bonds. The van der Waals surface area contributed by atoms with Gasteiger partial charge in [-0.3, -0.25) is 4.79 Å². The fraction of sp³-hybridized carbons (Fsp3) is 0.333. The number of carbonyl (C=O) groups is 1. The number of anilines is 2. The van der Waals surface area contributed by atoms with E-state index in [0.717, 1.165) is 12.2 Å². The third kappa shape index (κ3) is 6.10. The Morgan fingerprint density at radius 3 is 2.21 bits per heavy atom. The maximum absolute atomic E-state index is 12.3. The van der Waals surface area contributed by atoms with Crippen molar-refractivity contribution in [2.45, 2.75) is 32.6 Å². The molecule has 0 aliphatic carbocycles. The summed E-state index contributed by atoms with van der Waals surface area (Å²) in [5.74, 6) is -1.41. The van der Waals surface area contributed by atoms with Crippen LogP contribution < -0.4 is 10.2 Å². The second-order valence-electron chi connectivity index (χ2n) is 6.82. The first-order chi connectivity index (χ1) is 13.2. The van der Waals surface area contributed by atoms with Crippen molar-refractivity contribution < 1.29 is 13.2 Å². The van der Waals surface area contributed by atoms with Crippen molar-refractivity contribution in [1.82, 2.24) is 0 Å². The third-order valence-electron chi connectivity index (χ3n) is 4.27. The van der Waals surface area contributed by atoms with E-state index >= 15 is 0 Å². The highest BCUT2D eigenvalue weighted by Crippen LogP contribution is 2.20. The molecule has 0 saturated heterocycles. The average Bonchev–Trinajstić information content (AvgIpc) is 2.63. The third-order valence-corrected chi connectivity index (χ3v) is 5.74. The zero-order valence-electron chi connectivity index (χ0n) is 16.3. The fourth-order valence-electron chi connectivity index (χ4n) is 2.96. The summed E-state index contributed by atoms with van der Waals surface area (Å²) >= 11 is 0. The molecule has 7 heteroatoms. The molecular weight excluding hydrogens is 374 g/mol. The van der Waals surface area contributed by atoms with Crippen LogP contribution in [0.1, 0.15) is 31.9 Å². The van der Waals surface area contributed by atoms with Gasteiger partial charge in [-0.2, -0.15) is 5.26 Å². The molecule has 2 aromatic rings. The minimum absolute atomic E-state index is 0.245. The van der Waals surface area contributed by atoms with Crippen LogP contribution in [0.2, 0.25) is 0 Å². The number of sulfone groups is 1. The van der Waals surface area contributed by atoms with E-state index in [1.165, 1.54) is 0 Å². The van der Waals surface area contributed by atoms with E-state index in [9.17, 15) is 13.2 Å². The van der Waals surface area contributed by atoms with Gasteiger partial charge >= 0.3 is 0 Å². The number of hydrogen-bond donors (Lipinski definition) is 1. The van der Waals surface area contributed by atoms with Gasteiger partial charge in [0.1, 0.15) is 5.75 Å². The summed E-state index contributed by atoms with van der Waals surface area (Å²) in [4.78, 5) is 14.4. The van der Waals surface area contributed by atoms with Crippen LogP contribution in [0, 0.1) is 11.3 Å². The minimum atomic E-state index is -3.61. The Balaban J connectivity index is 1.97. The summed E-state index contributed by atoms with van der Waals surface area (Å²) in [6, 6.07) is 16.0. The first kappa shape index (κ1) is 21.5. The highest BCUT2D eigenvalue weighted by atomic mass is 32.2. The average molecular weight is 400 g/mol. The van der Waals surface area contributed by atoms with Crippen LogP contribution in [0.15, 0.2) is 48.5 Å². The Kier molecular flexibility index (Phi) is 7.18. The summed E-state index contributed by atoms with van der Waals surface area (Å²) in [7, 11) is -3.61.